The van der Waals surface area contributed by atoms with E-state index in [4.69, 9.17) is 11.0 Å². The van der Waals surface area contributed by atoms with E-state index in [2.05, 4.69) is 16.4 Å². The van der Waals surface area contributed by atoms with Gasteiger partial charge in [-0.25, -0.2) is 4.98 Å². The molecule has 0 fully saturated rings. The lowest BCUT2D eigenvalue weighted by atomic mass is 10.1. The maximum atomic E-state index is 8.96. The van der Waals surface area contributed by atoms with Gasteiger partial charge in [-0.2, -0.15) is 5.26 Å². The van der Waals surface area contributed by atoms with Crippen LogP contribution in [0.3, 0.4) is 0 Å². The Kier molecular flexibility index (Phi) is 2.78. The predicted molar refractivity (Wildman–Crippen MR) is 78.5 cm³/mol. The van der Waals surface area contributed by atoms with Crippen LogP contribution in [0.5, 0.6) is 0 Å². The molecule has 3 aromatic rings. The van der Waals surface area contributed by atoms with E-state index in [-0.39, 0.29) is 0 Å². The van der Waals surface area contributed by atoms with E-state index >= 15 is 0 Å². The Hall–Kier alpha value is -2.58. The number of benzene rings is 2. The van der Waals surface area contributed by atoms with Crippen molar-refractivity contribution in [2.75, 3.05) is 11.1 Å². The fourth-order valence-electron chi connectivity index (χ4n) is 1.83. The molecule has 1 heterocycles. The van der Waals surface area contributed by atoms with Crippen molar-refractivity contribution in [1.29, 1.82) is 5.26 Å². The highest BCUT2D eigenvalue weighted by atomic mass is 32.1. The van der Waals surface area contributed by atoms with Gasteiger partial charge in [-0.05, 0) is 36.4 Å². The zero-order valence-corrected chi connectivity index (χ0v) is 10.7. The lowest BCUT2D eigenvalue weighted by Gasteiger charge is -2.07. The SMILES string of the molecule is N#Cc1cc(Nc2ccc3ncsc3c2)ccc1N. The molecule has 0 saturated carbocycles. The Balaban J connectivity index is 1.94. The van der Waals surface area contributed by atoms with Crippen LogP contribution < -0.4 is 11.1 Å². The minimum atomic E-state index is 0.476. The number of nitrogen functional groups attached to an aromatic ring is 1. The Morgan fingerprint density at radius 2 is 1.95 bits per heavy atom. The first-order valence-corrected chi connectivity index (χ1v) is 6.54. The van der Waals surface area contributed by atoms with Gasteiger partial charge in [0.2, 0.25) is 0 Å². The first-order valence-electron chi connectivity index (χ1n) is 5.66. The largest absolute Gasteiger partial charge is 0.398 e. The van der Waals surface area contributed by atoms with Gasteiger partial charge < -0.3 is 11.1 Å². The second-order valence-corrected chi connectivity index (χ2v) is 4.96. The molecule has 0 bridgehead atoms. The maximum absolute atomic E-state index is 8.96. The third kappa shape index (κ3) is 2.21. The lowest BCUT2D eigenvalue weighted by molar-refractivity contribution is 1.47. The molecule has 5 heteroatoms. The highest BCUT2D eigenvalue weighted by molar-refractivity contribution is 7.16. The van der Waals surface area contributed by atoms with Crippen molar-refractivity contribution >= 4 is 38.6 Å². The van der Waals surface area contributed by atoms with E-state index in [0.717, 1.165) is 21.6 Å². The average Bonchev–Trinajstić information content (AvgIpc) is 2.88. The average molecular weight is 266 g/mol. The summed E-state index contributed by atoms with van der Waals surface area (Å²) in [7, 11) is 0. The molecule has 3 N–H and O–H groups in total. The number of nitriles is 1. The second kappa shape index (κ2) is 4.59. The third-order valence-electron chi connectivity index (χ3n) is 2.79. The molecule has 2 aromatic carbocycles. The van der Waals surface area contributed by atoms with Gasteiger partial charge in [-0.15, -0.1) is 11.3 Å². The minimum absolute atomic E-state index is 0.476. The summed E-state index contributed by atoms with van der Waals surface area (Å²) in [4.78, 5) is 4.24. The van der Waals surface area contributed by atoms with Gasteiger partial charge in [0.25, 0.3) is 0 Å². The zero-order chi connectivity index (χ0) is 13.2. The summed E-state index contributed by atoms with van der Waals surface area (Å²) in [5, 5.41) is 12.2. The second-order valence-electron chi connectivity index (χ2n) is 4.07. The molecule has 0 aliphatic rings. The fraction of sp³-hybridized carbons (Fsp3) is 0. The first kappa shape index (κ1) is 11.5. The predicted octanol–water partition coefficient (Wildman–Crippen LogP) is 3.49. The highest BCUT2D eigenvalue weighted by Crippen LogP contribution is 2.25. The van der Waals surface area contributed by atoms with Crippen molar-refractivity contribution in [2.45, 2.75) is 0 Å². The molecular formula is C14H10N4S. The van der Waals surface area contributed by atoms with Gasteiger partial charge in [0.15, 0.2) is 0 Å². The molecule has 0 atom stereocenters. The minimum Gasteiger partial charge on any atom is -0.398 e. The number of nitrogens with two attached hydrogens (primary N) is 1. The van der Waals surface area contributed by atoms with Gasteiger partial charge >= 0.3 is 0 Å². The molecule has 0 saturated heterocycles. The Bertz CT molecular complexity index is 785. The van der Waals surface area contributed by atoms with E-state index in [1.54, 1.807) is 23.5 Å². The molecule has 92 valence electrons. The van der Waals surface area contributed by atoms with Crippen molar-refractivity contribution in [3.63, 3.8) is 0 Å². The molecule has 19 heavy (non-hydrogen) atoms. The van der Waals surface area contributed by atoms with Crippen molar-refractivity contribution in [1.82, 2.24) is 4.98 Å². The molecule has 1 aromatic heterocycles. The maximum Gasteiger partial charge on any atom is 0.101 e. The number of fused-ring (bicyclic) bond motifs is 1. The van der Waals surface area contributed by atoms with Crippen molar-refractivity contribution < 1.29 is 0 Å². The molecule has 3 rings (SSSR count). The Morgan fingerprint density at radius 3 is 2.79 bits per heavy atom. The highest BCUT2D eigenvalue weighted by Gasteiger charge is 2.02. The number of hydrogen-bond donors (Lipinski definition) is 2. The normalized spacial score (nSPS) is 10.3. The van der Waals surface area contributed by atoms with Gasteiger partial charge in [0, 0.05) is 17.1 Å². The lowest BCUT2D eigenvalue weighted by Crippen LogP contribution is -1.94. The number of nitrogens with zero attached hydrogens (tertiary/aromatic N) is 2. The first-order chi connectivity index (χ1) is 9.26. The summed E-state index contributed by atoms with van der Waals surface area (Å²) in [5.74, 6) is 0. The van der Waals surface area contributed by atoms with Crippen LogP contribution in [0.25, 0.3) is 10.2 Å². The molecule has 0 spiro atoms. The van der Waals surface area contributed by atoms with E-state index in [0.29, 0.717) is 11.3 Å². The van der Waals surface area contributed by atoms with Crippen LogP contribution in [0.1, 0.15) is 5.56 Å². The smallest absolute Gasteiger partial charge is 0.101 e. The van der Waals surface area contributed by atoms with Crippen molar-refractivity contribution in [2.24, 2.45) is 0 Å². The number of hydrogen-bond acceptors (Lipinski definition) is 5. The van der Waals surface area contributed by atoms with Gasteiger partial charge in [0.1, 0.15) is 6.07 Å². The number of rotatable bonds is 2. The molecule has 0 aliphatic carbocycles. The van der Waals surface area contributed by atoms with Crippen molar-refractivity contribution in [3.05, 3.63) is 47.5 Å². The number of nitrogens with one attached hydrogen (secondary N) is 1. The third-order valence-corrected chi connectivity index (χ3v) is 3.59. The summed E-state index contributed by atoms with van der Waals surface area (Å²) >= 11 is 1.60. The topological polar surface area (TPSA) is 74.7 Å². The van der Waals surface area contributed by atoms with Gasteiger partial charge in [-0.3, -0.25) is 0 Å². The molecule has 0 amide bonds. The Morgan fingerprint density at radius 1 is 1.16 bits per heavy atom. The van der Waals surface area contributed by atoms with Crippen LogP contribution in [-0.2, 0) is 0 Å². The van der Waals surface area contributed by atoms with Crippen LogP contribution in [-0.4, -0.2) is 4.98 Å². The van der Waals surface area contributed by atoms with Crippen LogP contribution in [0, 0.1) is 11.3 Å². The van der Waals surface area contributed by atoms with Gasteiger partial charge in [0.05, 0.1) is 21.3 Å². The number of aromatic nitrogens is 1. The number of thiazole rings is 1. The number of anilines is 3. The molecule has 4 nitrogen and oxygen atoms in total. The van der Waals surface area contributed by atoms with E-state index in [9.17, 15) is 0 Å². The van der Waals surface area contributed by atoms with Crippen molar-refractivity contribution in [3.8, 4) is 6.07 Å². The molecule has 0 aliphatic heterocycles. The van der Waals surface area contributed by atoms with Gasteiger partial charge in [-0.1, -0.05) is 0 Å². The van der Waals surface area contributed by atoms with E-state index < -0.39 is 0 Å². The summed E-state index contributed by atoms with van der Waals surface area (Å²) in [5.41, 5.74) is 11.3. The van der Waals surface area contributed by atoms with E-state index in [1.807, 2.05) is 29.8 Å². The van der Waals surface area contributed by atoms with Crippen LogP contribution in [0.4, 0.5) is 17.1 Å². The summed E-state index contributed by atoms with van der Waals surface area (Å²) in [6.07, 6.45) is 0. The van der Waals surface area contributed by atoms with Crippen LogP contribution in [0.2, 0.25) is 0 Å². The van der Waals surface area contributed by atoms with Crippen LogP contribution >= 0.6 is 11.3 Å². The summed E-state index contributed by atoms with van der Waals surface area (Å²) in [6, 6.07) is 13.4. The standard InChI is InChI=1S/C14H10N4S/c15-7-9-5-10(1-3-12(9)16)18-11-2-4-13-14(6-11)19-8-17-13/h1-6,8,18H,16H2. The fourth-order valence-corrected chi connectivity index (χ4v) is 2.55. The van der Waals surface area contributed by atoms with E-state index in [1.165, 1.54) is 0 Å². The summed E-state index contributed by atoms with van der Waals surface area (Å²) < 4.78 is 1.13. The Labute approximate surface area is 114 Å². The molecule has 0 unspecified atom stereocenters. The quantitative estimate of drug-likeness (QED) is 0.696. The molecular weight excluding hydrogens is 256 g/mol. The molecule has 0 radical (unpaired) electrons. The monoisotopic (exact) mass is 266 g/mol. The van der Waals surface area contributed by atoms with Crippen LogP contribution in [0.15, 0.2) is 41.9 Å². The summed E-state index contributed by atoms with van der Waals surface area (Å²) in [6.45, 7) is 0. The zero-order valence-electron chi connectivity index (χ0n) is 9.92.